The van der Waals surface area contributed by atoms with Crippen molar-refractivity contribution in [2.45, 2.75) is 13.3 Å². The smallest absolute Gasteiger partial charge is 0.177 e. The van der Waals surface area contributed by atoms with Crippen LogP contribution in [0.25, 0.3) is 10.4 Å². The zero-order valence-corrected chi connectivity index (χ0v) is 12.6. The van der Waals surface area contributed by atoms with E-state index in [-0.39, 0.29) is 5.78 Å². The van der Waals surface area contributed by atoms with Gasteiger partial charge in [0.05, 0.1) is 4.88 Å². The number of hydrogen-bond donors (Lipinski definition) is 0. The van der Waals surface area contributed by atoms with Crippen molar-refractivity contribution in [1.29, 1.82) is 0 Å². The van der Waals surface area contributed by atoms with Gasteiger partial charge < -0.3 is 0 Å². The molecule has 0 saturated heterocycles. The molecule has 2 aromatic heterocycles. The molecule has 0 amide bonds. The predicted molar refractivity (Wildman–Crippen MR) is 86.8 cm³/mol. The summed E-state index contributed by atoms with van der Waals surface area (Å²) in [5, 5.41) is 0. The Balaban J connectivity index is 1.80. The minimum Gasteiger partial charge on any atom is -0.293 e. The van der Waals surface area contributed by atoms with Crippen LogP contribution < -0.4 is 0 Å². The van der Waals surface area contributed by atoms with E-state index in [9.17, 15) is 4.79 Å². The molecule has 104 valence electrons. The molecule has 0 aliphatic rings. The molecular formula is C18H15NOS. The second-order valence-corrected chi connectivity index (χ2v) is 6.07. The van der Waals surface area contributed by atoms with Gasteiger partial charge in [0.1, 0.15) is 0 Å². The molecule has 0 bridgehead atoms. The lowest BCUT2D eigenvalue weighted by molar-refractivity contribution is 0.0997. The van der Waals surface area contributed by atoms with Gasteiger partial charge in [-0.3, -0.25) is 9.78 Å². The van der Waals surface area contributed by atoms with E-state index < -0.39 is 0 Å². The number of carbonyl (C=O) groups is 1. The summed E-state index contributed by atoms with van der Waals surface area (Å²) in [7, 11) is 0. The SMILES string of the molecule is Cc1cccc(-c2ccc(C(=O)Cc3ccncc3)s2)c1. The molecule has 0 fully saturated rings. The summed E-state index contributed by atoms with van der Waals surface area (Å²) in [6, 6.07) is 16.1. The topological polar surface area (TPSA) is 30.0 Å². The molecule has 0 atom stereocenters. The number of aryl methyl sites for hydroxylation is 1. The monoisotopic (exact) mass is 293 g/mol. The molecule has 0 aliphatic carbocycles. The zero-order chi connectivity index (χ0) is 14.7. The molecule has 0 radical (unpaired) electrons. The molecule has 21 heavy (non-hydrogen) atoms. The number of rotatable bonds is 4. The van der Waals surface area contributed by atoms with Crippen molar-refractivity contribution in [2.75, 3.05) is 0 Å². The van der Waals surface area contributed by atoms with Crippen molar-refractivity contribution in [3.05, 3.63) is 76.9 Å². The molecule has 3 heteroatoms. The summed E-state index contributed by atoms with van der Waals surface area (Å²) in [5.74, 6) is 0.158. The molecule has 0 spiro atoms. The average Bonchev–Trinajstić information content (AvgIpc) is 2.98. The highest BCUT2D eigenvalue weighted by Crippen LogP contribution is 2.29. The number of benzene rings is 1. The summed E-state index contributed by atoms with van der Waals surface area (Å²) in [6.07, 6.45) is 3.86. The molecule has 3 rings (SSSR count). The molecule has 2 heterocycles. The van der Waals surface area contributed by atoms with Gasteiger partial charge in [-0.15, -0.1) is 11.3 Å². The lowest BCUT2D eigenvalue weighted by atomic mass is 10.1. The van der Waals surface area contributed by atoms with Gasteiger partial charge in [0.25, 0.3) is 0 Å². The number of aromatic nitrogens is 1. The highest BCUT2D eigenvalue weighted by atomic mass is 32.1. The first-order valence-electron chi connectivity index (χ1n) is 6.81. The highest BCUT2D eigenvalue weighted by Gasteiger charge is 2.11. The van der Waals surface area contributed by atoms with E-state index in [2.05, 4.69) is 30.1 Å². The van der Waals surface area contributed by atoms with Crippen molar-refractivity contribution in [3.8, 4) is 10.4 Å². The molecule has 0 unspecified atom stereocenters. The third-order valence-electron chi connectivity index (χ3n) is 3.30. The Morgan fingerprint density at radius 2 is 1.90 bits per heavy atom. The number of thiophene rings is 1. The van der Waals surface area contributed by atoms with E-state index in [4.69, 9.17) is 0 Å². The summed E-state index contributed by atoms with van der Waals surface area (Å²) < 4.78 is 0. The van der Waals surface area contributed by atoms with Gasteiger partial charge in [-0.05, 0) is 42.3 Å². The summed E-state index contributed by atoms with van der Waals surface area (Å²) >= 11 is 1.56. The van der Waals surface area contributed by atoms with E-state index in [0.29, 0.717) is 6.42 Å². The van der Waals surface area contributed by atoms with Gasteiger partial charge in [0.2, 0.25) is 0 Å². The number of pyridine rings is 1. The summed E-state index contributed by atoms with van der Waals surface area (Å²) in [6.45, 7) is 2.08. The Morgan fingerprint density at radius 1 is 1.10 bits per heavy atom. The van der Waals surface area contributed by atoms with Crippen LogP contribution in [0.5, 0.6) is 0 Å². The van der Waals surface area contributed by atoms with E-state index >= 15 is 0 Å². The normalized spacial score (nSPS) is 10.5. The lowest BCUT2D eigenvalue weighted by Gasteiger charge is -1.99. The third kappa shape index (κ3) is 3.26. The number of Topliss-reactive ketones (excluding diaryl/α,β-unsaturated/α-hetero) is 1. The van der Waals surface area contributed by atoms with Crippen molar-refractivity contribution in [3.63, 3.8) is 0 Å². The standard InChI is InChI=1S/C18H15NOS/c1-13-3-2-4-15(11-13)17-5-6-18(21-17)16(20)12-14-7-9-19-10-8-14/h2-11H,12H2,1H3. The molecule has 0 N–H and O–H groups in total. The maximum absolute atomic E-state index is 12.3. The van der Waals surface area contributed by atoms with E-state index in [1.54, 1.807) is 23.7 Å². The molecule has 0 aliphatic heterocycles. The molecule has 1 aromatic carbocycles. The maximum atomic E-state index is 12.3. The van der Waals surface area contributed by atoms with Gasteiger partial charge in [0.15, 0.2) is 5.78 Å². The minimum absolute atomic E-state index is 0.158. The van der Waals surface area contributed by atoms with Crippen LogP contribution in [0.3, 0.4) is 0 Å². The fraction of sp³-hybridized carbons (Fsp3) is 0.111. The van der Waals surface area contributed by atoms with Crippen molar-refractivity contribution in [2.24, 2.45) is 0 Å². The van der Waals surface area contributed by atoms with Crippen LogP contribution in [0.15, 0.2) is 60.9 Å². The van der Waals surface area contributed by atoms with Gasteiger partial charge in [-0.25, -0.2) is 0 Å². The fourth-order valence-corrected chi connectivity index (χ4v) is 3.15. The van der Waals surface area contributed by atoms with Gasteiger partial charge in [0, 0.05) is 23.7 Å². The van der Waals surface area contributed by atoms with Gasteiger partial charge >= 0.3 is 0 Å². The Morgan fingerprint density at radius 3 is 2.67 bits per heavy atom. The zero-order valence-electron chi connectivity index (χ0n) is 11.7. The Hall–Kier alpha value is -2.26. The number of ketones is 1. The Labute approximate surface area is 128 Å². The van der Waals surface area contributed by atoms with E-state index in [1.165, 1.54) is 11.1 Å². The quantitative estimate of drug-likeness (QED) is 0.661. The van der Waals surface area contributed by atoms with Crippen molar-refractivity contribution >= 4 is 17.1 Å². The number of hydrogen-bond acceptors (Lipinski definition) is 3. The first-order valence-corrected chi connectivity index (χ1v) is 7.63. The van der Waals surface area contributed by atoms with Crippen molar-refractivity contribution in [1.82, 2.24) is 4.98 Å². The fourth-order valence-electron chi connectivity index (χ4n) is 2.21. The summed E-state index contributed by atoms with van der Waals surface area (Å²) in [4.78, 5) is 18.2. The predicted octanol–water partition coefficient (Wildman–Crippen LogP) is 4.54. The molecule has 3 aromatic rings. The van der Waals surface area contributed by atoms with Crippen molar-refractivity contribution < 1.29 is 4.79 Å². The first-order chi connectivity index (χ1) is 10.2. The van der Waals surface area contributed by atoms with Crippen LogP contribution in [-0.4, -0.2) is 10.8 Å². The average molecular weight is 293 g/mol. The van der Waals surface area contributed by atoms with Gasteiger partial charge in [-0.1, -0.05) is 29.8 Å². The molecule has 2 nitrogen and oxygen atoms in total. The molecular weight excluding hydrogens is 278 g/mol. The summed E-state index contributed by atoms with van der Waals surface area (Å²) in [5.41, 5.74) is 3.40. The second-order valence-electron chi connectivity index (χ2n) is 4.99. The second kappa shape index (κ2) is 6.02. The third-order valence-corrected chi connectivity index (χ3v) is 4.47. The van der Waals surface area contributed by atoms with Crippen LogP contribution in [0, 0.1) is 6.92 Å². The van der Waals surface area contributed by atoms with E-state index in [0.717, 1.165) is 15.3 Å². The lowest BCUT2D eigenvalue weighted by Crippen LogP contribution is -2.00. The van der Waals surface area contributed by atoms with E-state index in [1.807, 2.05) is 30.3 Å². The minimum atomic E-state index is 0.158. The van der Waals surface area contributed by atoms with Crippen LogP contribution in [0.2, 0.25) is 0 Å². The maximum Gasteiger partial charge on any atom is 0.177 e. The van der Waals surface area contributed by atoms with Crippen LogP contribution >= 0.6 is 11.3 Å². The van der Waals surface area contributed by atoms with Gasteiger partial charge in [-0.2, -0.15) is 0 Å². The molecule has 0 saturated carbocycles. The first kappa shape index (κ1) is 13.7. The van der Waals surface area contributed by atoms with Crippen LogP contribution in [0.4, 0.5) is 0 Å². The Bertz CT molecular complexity index is 762. The largest absolute Gasteiger partial charge is 0.293 e. The van der Waals surface area contributed by atoms with Crippen LogP contribution in [-0.2, 0) is 6.42 Å². The number of carbonyl (C=O) groups excluding carboxylic acids is 1. The Kier molecular flexibility index (Phi) is 3.93. The highest BCUT2D eigenvalue weighted by molar-refractivity contribution is 7.17. The van der Waals surface area contributed by atoms with Crippen LogP contribution in [0.1, 0.15) is 20.8 Å². The number of nitrogens with zero attached hydrogens (tertiary/aromatic N) is 1.